The molecule has 1 rings (SSSR count). The Balaban J connectivity index is 2.53. The lowest BCUT2D eigenvalue weighted by molar-refractivity contribution is 0.0532. The molecule has 4 nitrogen and oxygen atoms in total. The van der Waals surface area contributed by atoms with Crippen LogP contribution < -0.4 is 0 Å². The van der Waals surface area contributed by atoms with Crippen LogP contribution in [-0.4, -0.2) is 48.8 Å². The van der Waals surface area contributed by atoms with Gasteiger partial charge in [0.15, 0.2) is 0 Å². The zero-order valence-electron chi connectivity index (χ0n) is 12.2. The van der Waals surface area contributed by atoms with Gasteiger partial charge in [-0.2, -0.15) is 0 Å². The number of carbonyl (C=O) groups is 1. The molecule has 1 aromatic heterocycles. The third-order valence-corrected chi connectivity index (χ3v) is 3.37. The molecule has 1 heterocycles. The highest BCUT2D eigenvalue weighted by molar-refractivity contribution is 7.10. The largest absolute Gasteiger partial charge is 0.395 e. The SMILES string of the molecule is CC(C)OCCN(C)C(=O)c1csc(C#CCCO)c1. The van der Waals surface area contributed by atoms with Crippen molar-refractivity contribution in [1.29, 1.82) is 0 Å². The third kappa shape index (κ3) is 5.74. The van der Waals surface area contributed by atoms with E-state index in [-0.39, 0.29) is 18.6 Å². The predicted molar refractivity (Wildman–Crippen MR) is 80.9 cm³/mol. The van der Waals surface area contributed by atoms with E-state index in [0.717, 1.165) is 4.88 Å². The maximum atomic E-state index is 12.2. The molecule has 0 aliphatic rings. The van der Waals surface area contributed by atoms with Gasteiger partial charge < -0.3 is 14.7 Å². The van der Waals surface area contributed by atoms with E-state index in [1.165, 1.54) is 11.3 Å². The third-order valence-electron chi connectivity index (χ3n) is 2.52. The molecule has 0 aliphatic carbocycles. The van der Waals surface area contributed by atoms with Crippen LogP contribution in [0.1, 0.15) is 35.5 Å². The summed E-state index contributed by atoms with van der Waals surface area (Å²) in [6, 6.07) is 1.79. The Labute approximate surface area is 124 Å². The van der Waals surface area contributed by atoms with E-state index in [1.807, 2.05) is 19.2 Å². The van der Waals surface area contributed by atoms with E-state index in [4.69, 9.17) is 9.84 Å². The fraction of sp³-hybridized carbons (Fsp3) is 0.533. The molecule has 110 valence electrons. The average Bonchev–Trinajstić information content (AvgIpc) is 2.86. The molecule has 0 aliphatic heterocycles. The normalized spacial score (nSPS) is 10.2. The molecule has 1 N–H and O–H groups in total. The van der Waals surface area contributed by atoms with Crippen molar-refractivity contribution in [3.8, 4) is 11.8 Å². The molecule has 1 amide bonds. The molecule has 0 radical (unpaired) electrons. The molecule has 0 fully saturated rings. The number of aliphatic hydroxyl groups excluding tert-OH is 1. The number of likely N-dealkylation sites (N-methyl/N-ethyl adjacent to an activating group) is 1. The van der Waals surface area contributed by atoms with Crippen LogP contribution in [0, 0.1) is 11.8 Å². The molecular weight excluding hydrogens is 274 g/mol. The van der Waals surface area contributed by atoms with Crippen LogP contribution in [-0.2, 0) is 4.74 Å². The lowest BCUT2D eigenvalue weighted by atomic mass is 10.2. The van der Waals surface area contributed by atoms with Gasteiger partial charge in [0.05, 0.1) is 29.8 Å². The second kappa shape index (κ2) is 8.75. The summed E-state index contributed by atoms with van der Waals surface area (Å²) in [5, 5.41) is 10.5. The zero-order chi connectivity index (χ0) is 15.0. The van der Waals surface area contributed by atoms with Gasteiger partial charge >= 0.3 is 0 Å². The van der Waals surface area contributed by atoms with Crippen LogP contribution in [0.3, 0.4) is 0 Å². The molecule has 0 bridgehead atoms. The molecule has 0 unspecified atom stereocenters. The molecule has 0 atom stereocenters. The van der Waals surface area contributed by atoms with Crippen molar-refractivity contribution in [3.05, 3.63) is 21.9 Å². The molecule has 0 aromatic carbocycles. The summed E-state index contributed by atoms with van der Waals surface area (Å²) in [5.41, 5.74) is 0.648. The number of ether oxygens (including phenoxy) is 1. The van der Waals surface area contributed by atoms with Gasteiger partial charge in [-0.3, -0.25) is 4.79 Å². The second-order valence-corrected chi connectivity index (χ2v) is 5.53. The molecule has 1 aromatic rings. The Bertz CT molecular complexity index is 485. The maximum Gasteiger partial charge on any atom is 0.254 e. The van der Waals surface area contributed by atoms with Gasteiger partial charge in [-0.15, -0.1) is 11.3 Å². The first kappa shape index (κ1) is 16.7. The van der Waals surface area contributed by atoms with Gasteiger partial charge in [-0.1, -0.05) is 11.8 Å². The lowest BCUT2D eigenvalue weighted by Crippen LogP contribution is -2.30. The first-order valence-electron chi connectivity index (χ1n) is 6.60. The summed E-state index contributed by atoms with van der Waals surface area (Å²) in [6.45, 7) is 5.10. The molecule has 0 saturated carbocycles. The van der Waals surface area contributed by atoms with E-state index in [0.29, 0.717) is 25.1 Å². The van der Waals surface area contributed by atoms with E-state index in [2.05, 4.69) is 11.8 Å². The quantitative estimate of drug-likeness (QED) is 0.816. The van der Waals surface area contributed by atoms with E-state index >= 15 is 0 Å². The summed E-state index contributed by atoms with van der Waals surface area (Å²) in [7, 11) is 1.76. The molecule has 20 heavy (non-hydrogen) atoms. The molecule has 5 heteroatoms. The highest BCUT2D eigenvalue weighted by Crippen LogP contribution is 2.15. The summed E-state index contributed by atoms with van der Waals surface area (Å²) >= 11 is 1.44. The topological polar surface area (TPSA) is 49.8 Å². The zero-order valence-corrected chi connectivity index (χ0v) is 13.0. The Hall–Kier alpha value is -1.35. The first-order chi connectivity index (χ1) is 9.54. The van der Waals surface area contributed by atoms with E-state index < -0.39 is 0 Å². The highest BCUT2D eigenvalue weighted by Gasteiger charge is 2.13. The van der Waals surface area contributed by atoms with Gasteiger partial charge in [0.2, 0.25) is 0 Å². The van der Waals surface area contributed by atoms with Gasteiger partial charge in [-0.05, 0) is 19.9 Å². The van der Waals surface area contributed by atoms with Crippen molar-refractivity contribution in [2.24, 2.45) is 0 Å². The minimum Gasteiger partial charge on any atom is -0.395 e. The van der Waals surface area contributed by atoms with Gasteiger partial charge in [0, 0.05) is 25.4 Å². The predicted octanol–water partition coefficient (Wildman–Crippen LogP) is 1.98. The van der Waals surface area contributed by atoms with Crippen molar-refractivity contribution >= 4 is 17.2 Å². The second-order valence-electron chi connectivity index (χ2n) is 4.62. The number of thiophene rings is 1. The Morgan fingerprint density at radius 3 is 2.95 bits per heavy atom. The van der Waals surface area contributed by atoms with Crippen molar-refractivity contribution in [3.63, 3.8) is 0 Å². The minimum atomic E-state index is -0.0242. The fourth-order valence-corrected chi connectivity index (χ4v) is 2.22. The number of aliphatic hydroxyl groups is 1. The van der Waals surface area contributed by atoms with Gasteiger partial charge in [0.25, 0.3) is 5.91 Å². The number of hydrogen-bond donors (Lipinski definition) is 1. The Morgan fingerprint density at radius 1 is 1.55 bits per heavy atom. The molecule has 0 spiro atoms. The lowest BCUT2D eigenvalue weighted by Gasteiger charge is -2.17. The summed E-state index contributed by atoms with van der Waals surface area (Å²) < 4.78 is 5.43. The first-order valence-corrected chi connectivity index (χ1v) is 7.48. The van der Waals surface area contributed by atoms with Gasteiger partial charge in [-0.25, -0.2) is 0 Å². The minimum absolute atomic E-state index is 0.0242. The van der Waals surface area contributed by atoms with Crippen molar-refractivity contribution in [2.45, 2.75) is 26.4 Å². The van der Waals surface area contributed by atoms with Crippen molar-refractivity contribution < 1.29 is 14.6 Å². The van der Waals surface area contributed by atoms with E-state index in [1.54, 1.807) is 18.0 Å². The van der Waals surface area contributed by atoms with Crippen LogP contribution in [0.5, 0.6) is 0 Å². The van der Waals surface area contributed by atoms with Crippen LogP contribution in [0.4, 0.5) is 0 Å². The Kier molecular flexibility index (Phi) is 7.31. The Morgan fingerprint density at radius 2 is 2.30 bits per heavy atom. The molecule has 0 saturated heterocycles. The number of nitrogens with zero attached hydrogens (tertiary/aromatic N) is 1. The summed E-state index contributed by atoms with van der Waals surface area (Å²) in [6.07, 6.45) is 0.626. The summed E-state index contributed by atoms with van der Waals surface area (Å²) in [4.78, 5) is 14.6. The number of amides is 1. The monoisotopic (exact) mass is 295 g/mol. The smallest absolute Gasteiger partial charge is 0.254 e. The van der Waals surface area contributed by atoms with Crippen LogP contribution in [0.15, 0.2) is 11.4 Å². The number of carbonyl (C=O) groups excluding carboxylic acids is 1. The van der Waals surface area contributed by atoms with E-state index in [9.17, 15) is 4.79 Å². The van der Waals surface area contributed by atoms with Crippen molar-refractivity contribution in [2.75, 3.05) is 26.8 Å². The van der Waals surface area contributed by atoms with Crippen LogP contribution in [0.25, 0.3) is 0 Å². The van der Waals surface area contributed by atoms with Gasteiger partial charge in [0.1, 0.15) is 0 Å². The summed E-state index contributed by atoms with van der Waals surface area (Å²) in [5.74, 6) is 5.75. The number of rotatable bonds is 6. The van der Waals surface area contributed by atoms with Crippen LogP contribution >= 0.6 is 11.3 Å². The molecular formula is C15H21NO3S. The average molecular weight is 295 g/mol. The van der Waals surface area contributed by atoms with Crippen LogP contribution in [0.2, 0.25) is 0 Å². The number of hydrogen-bond acceptors (Lipinski definition) is 4. The maximum absolute atomic E-state index is 12.2. The highest BCUT2D eigenvalue weighted by atomic mass is 32.1. The standard InChI is InChI=1S/C15H21NO3S/c1-12(2)19-9-7-16(3)15(18)13-10-14(20-11-13)6-4-5-8-17/h10-12,17H,5,7-9H2,1-3H3. The fourth-order valence-electron chi connectivity index (χ4n) is 1.47. The van der Waals surface area contributed by atoms with Crippen molar-refractivity contribution in [1.82, 2.24) is 4.90 Å².